The highest BCUT2D eigenvalue weighted by Gasteiger charge is 2.12. The maximum atomic E-state index is 12.2. The second-order valence-electron chi connectivity index (χ2n) is 7.21. The molecule has 3 aromatic rings. The van der Waals surface area contributed by atoms with Crippen LogP contribution in [0.4, 0.5) is 0 Å². The van der Waals surface area contributed by atoms with Gasteiger partial charge in [0.25, 0.3) is 0 Å². The van der Waals surface area contributed by atoms with E-state index in [9.17, 15) is 4.79 Å². The molecule has 0 unspecified atom stereocenters. The average Bonchev–Trinajstić information content (AvgIpc) is 2.75. The molecule has 0 aliphatic heterocycles. The van der Waals surface area contributed by atoms with Crippen LogP contribution >= 0.6 is 15.9 Å². The van der Waals surface area contributed by atoms with Crippen molar-refractivity contribution in [2.45, 2.75) is 26.9 Å². The summed E-state index contributed by atoms with van der Waals surface area (Å²) in [5, 5.41) is 4.08. The molecule has 0 atom stereocenters. The van der Waals surface area contributed by atoms with E-state index in [-0.39, 0.29) is 12.3 Å². The topological polar surface area (TPSA) is 59.9 Å². The molecule has 1 amide bonds. The fourth-order valence-electron chi connectivity index (χ4n) is 3.12. The third kappa shape index (κ3) is 6.43. The molecule has 0 radical (unpaired) electrons. The Kier molecular flexibility index (Phi) is 7.84. The van der Waals surface area contributed by atoms with Crippen molar-refractivity contribution in [2.24, 2.45) is 5.10 Å². The van der Waals surface area contributed by atoms with Gasteiger partial charge in [0.1, 0.15) is 6.61 Å². The molecule has 0 saturated heterocycles. The molecule has 0 saturated carbocycles. The molecular weight excluding hydrogens is 456 g/mol. The van der Waals surface area contributed by atoms with Crippen LogP contribution in [0.1, 0.15) is 27.8 Å². The van der Waals surface area contributed by atoms with Crippen LogP contribution in [0.25, 0.3) is 0 Å². The van der Waals surface area contributed by atoms with Crippen LogP contribution in [-0.4, -0.2) is 19.2 Å². The van der Waals surface area contributed by atoms with E-state index in [0.29, 0.717) is 18.1 Å². The summed E-state index contributed by atoms with van der Waals surface area (Å²) in [7, 11) is 1.59. The van der Waals surface area contributed by atoms with E-state index < -0.39 is 0 Å². The number of carbonyl (C=O) groups excluding carboxylic acids is 1. The molecule has 0 heterocycles. The monoisotopic (exact) mass is 480 g/mol. The van der Waals surface area contributed by atoms with Gasteiger partial charge in [-0.15, -0.1) is 0 Å². The predicted molar refractivity (Wildman–Crippen MR) is 127 cm³/mol. The van der Waals surface area contributed by atoms with Crippen molar-refractivity contribution in [3.05, 3.63) is 93.0 Å². The van der Waals surface area contributed by atoms with Crippen LogP contribution in [0.3, 0.4) is 0 Å². The minimum Gasteiger partial charge on any atom is -0.493 e. The Hall–Kier alpha value is -3.12. The largest absolute Gasteiger partial charge is 0.493 e. The van der Waals surface area contributed by atoms with Crippen molar-refractivity contribution in [1.29, 1.82) is 0 Å². The van der Waals surface area contributed by atoms with Gasteiger partial charge in [0.2, 0.25) is 5.91 Å². The third-order valence-electron chi connectivity index (χ3n) is 4.73. The fourth-order valence-corrected chi connectivity index (χ4v) is 3.69. The van der Waals surface area contributed by atoms with E-state index >= 15 is 0 Å². The number of hydrogen-bond donors (Lipinski definition) is 1. The zero-order chi connectivity index (χ0) is 22.2. The van der Waals surface area contributed by atoms with Gasteiger partial charge in [0, 0.05) is 0 Å². The van der Waals surface area contributed by atoms with Crippen LogP contribution in [-0.2, 0) is 17.8 Å². The molecule has 0 aliphatic rings. The number of hydrogen-bond acceptors (Lipinski definition) is 4. The van der Waals surface area contributed by atoms with Crippen molar-refractivity contribution in [2.75, 3.05) is 7.11 Å². The van der Waals surface area contributed by atoms with Gasteiger partial charge in [0.05, 0.1) is 24.2 Å². The molecule has 6 heteroatoms. The quantitative estimate of drug-likeness (QED) is 0.349. The molecule has 5 nitrogen and oxygen atoms in total. The van der Waals surface area contributed by atoms with Gasteiger partial charge in [-0.2, -0.15) is 5.10 Å². The first-order valence-corrected chi connectivity index (χ1v) is 10.7. The highest BCUT2D eigenvalue weighted by atomic mass is 79.9. The molecule has 160 valence electrons. The lowest BCUT2D eigenvalue weighted by atomic mass is 10.0. The number of rotatable bonds is 8. The summed E-state index contributed by atoms with van der Waals surface area (Å²) < 4.78 is 12.2. The van der Waals surface area contributed by atoms with E-state index in [0.717, 1.165) is 26.7 Å². The molecule has 3 rings (SSSR count). The molecule has 0 bridgehead atoms. The smallest absolute Gasteiger partial charge is 0.244 e. The Labute approximate surface area is 191 Å². The summed E-state index contributed by atoms with van der Waals surface area (Å²) in [6.45, 7) is 4.47. The van der Waals surface area contributed by atoms with Crippen molar-refractivity contribution >= 4 is 28.1 Å². The molecule has 0 fully saturated rings. The van der Waals surface area contributed by atoms with E-state index in [2.05, 4.69) is 32.5 Å². The van der Waals surface area contributed by atoms with E-state index in [4.69, 9.17) is 9.47 Å². The average molecular weight is 481 g/mol. The van der Waals surface area contributed by atoms with Crippen LogP contribution < -0.4 is 14.9 Å². The van der Waals surface area contributed by atoms with Crippen molar-refractivity contribution in [3.63, 3.8) is 0 Å². The number of hydrazone groups is 1. The SMILES string of the molecule is COc1cc(/C=N/NC(=O)Cc2ccc(C)cc2C)cc(Br)c1OCc1ccccc1. The Morgan fingerprint density at radius 1 is 1.10 bits per heavy atom. The summed E-state index contributed by atoms with van der Waals surface area (Å²) in [5.41, 5.74) is 7.67. The van der Waals surface area contributed by atoms with Crippen molar-refractivity contribution in [1.82, 2.24) is 5.43 Å². The van der Waals surface area contributed by atoms with Crippen molar-refractivity contribution < 1.29 is 14.3 Å². The standard InChI is InChI=1S/C25H25BrN2O3/c1-17-9-10-21(18(2)11-17)14-24(29)28-27-15-20-12-22(26)25(23(13-20)30-3)31-16-19-7-5-4-6-8-19/h4-13,15H,14,16H2,1-3H3,(H,28,29)/b27-15+. The molecular formula is C25H25BrN2O3. The summed E-state index contributed by atoms with van der Waals surface area (Å²) in [5.74, 6) is 1.02. The predicted octanol–water partition coefficient (Wildman–Crippen LogP) is 5.35. The van der Waals surface area contributed by atoms with E-state index in [1.54, 1.807) is 13.3 Å². The van der Waals surface area contributed by atoms with Gasteiger partial charge in [-0.05, 0) is 64.2 Å². The minimum absolute atomic E-state index is 0.169. The minimum atomic E-state index is -0.169. The first-order valence-electron chi connectivity index (χ1n) is 9.88. The lowest BCUT2D eigenvalue weighted by Crippen LogP contribution is -2.20. The number of halogens is 1. The Morgan fingerprint density at radius 2 is 1.87 bits per heavy atom. The normalized spacial score (nSPS) is 10.8. The van der Waals surface area contributed by atoms with Gasteiger partial charge in [-0.25, -0.2) is 5.43 Å². The molecule has 3 aromatic carbocycles. The van der Waals surface area contributed by atoms with Gasteiger partial charge in [-0.3, -0.25) is 4.79 Å². The molecule has 31 heavy (non-hydrogen) atoms. The number of amides is 1. The lowest BCUT2D eigenvalue weighted by molar-refractivity contribution is -0.120. The van der Waals surface area contributed by atoms with Gasteiger partial charge < -0.3 is 9.47 Å². The molecule has 0 aromatic heterocycles. The number of ether oxygens (including phenoxy) is 2. The first kappa shape index (κ1) is 22.6. The Balaban J connectivity index is 1.63. The zero-order valence-corrected chi connectivity index (χ0v) is 19.4. The number of nitrogens with one attached hydrogen (secondary N) is 1. The summed E-state index contributed by atoms with van der Waals surface area (Å²) in [6, 6.07) is 19.6. The summed E-state index contributed by atoms with van der Waals surface area (Å²) in [6.07, 6.45) is 1.86. The Bertz CT molecular complexity index is 1080. The van der Waals surface area contributed by atoms with Crippen LogP contribution in [0.15, 0.2) is 70.2 Å². The molecule has 1 N–H and O–H groups in total. The number of carbonyl (C=O) groups is 1. The second kappa shape index (κ2) is 10.8. The highest BCUT2D eigenvalue weighted by molar-refractivity contribution is 9.10. The summed E-state index contributed by atoms with van der Waals surface area (Å²) in [4.78, 5) is 12.2. The van der Waals surface area contributed by atoms with E-state index in [1.807, 2.05) is 68.4 Å². The Morgan fingerprint density at radius 3 is 2.58 bits per heavy atom. The first-order chi connectivity index (χ1) is 15.0. The van der Waals surface area contributed by atoms with Gasteiger partial charge >= 0.3 is 0 Å². The zero-order valence-electron chi connectivity index (χ0n) is 17.8. The number of aryl methyl sites for hydroxylation is 2. The number of nitrogens with zero attached hydrogens (tertiary/aromatic N) is 1. The number of methoxy groups -OCH3 is 1. The van der Waals surface area contributed by atoms with Crippen LogP contribution in [0.5, 0.6) is 11.5 Å². The van der Waals surface area contributed by atoms with Crippen LogP contribution in [0, 0.1) is 13.8 Å². The number of benzene rings is 3. The summed E-state index contributed by atoms with van der Waals surface area (Å²) >= 11 is 3.54. The molecule has 0 spiro atoms. The van der Waals surface area contributed by atoms with Gasteiger partial charge in [0.15, 0.2) is 11.5 Å². The maximum absolute atomic E-state index is 12.2. The van der Waals surface area contributed by atoms with Crippen molar-refractivity contribution in [3.8, 4) is 11.5 Å². The maximum Gasteiger partial charge on any atom is 0.244 e. The van der Waals surface area contributed by atoms with Gasteiger partial charge in [-0.1, -0.05) is 54.1 Å². The molecule has 0 aliphatic carbocycles. The lowest BCUT2D eigenvalue weighted by Gasteiger charge is -2.13. The van der Waals surface area contributed by atoms with E-state index in [1.165, 1.54) is 5.56 Å². The fraction of sp³-hybridized carbons (Fsp3) is 0.200. The second-order valence-corrected chi connectivity index (χ2v) is 8.06. The highest BCUT2D eigenvalue weighted by Crippen LogP contribution is 2.36. The van der Waals surface area contributed by atoms with Crippen LogP contribution in [0.2, 0.25) is 0 Å². The third-order valence-corrected chi connectivity index (χ3v) is 5.32.